The molecule has 0 spiro atoms. The molecule has 1 aromatic carbocycles. The van der Waals surface area contributed by atoms with Crippen LogP contribution in [0.3, 0.4) is 0 Å². The summed E-state index contributed by atoms with van der Waals surface area (Å²) in [5.41, 5.74) is 0. The summed E-state index contributed by atoms with van der Waals surface area (Å²) in [6.07, 6.45) is 1.14. The van der Waals surface area contributed by atoms with E-state index < -0.39 is 0 Å². The maximum absolute atomic E-state index is 6.08. The van der Waals surface area contributed by atoms with Gasteiger partial charge < -0.3 is 10.1 Å². The first-order chi connectivity index (χ1) is 8.54. The first-order valence-corrected chi connectivity index (χ1v) is 7.57. The van der Waals surface area contributed by atoms with E-state index in [-0.39, 0.29) is 0 Å². The average Bonchev–Trinajstić information content (AvgIpc) is 2.32. The number of hydrogen-bond donors (Lipinski definition) is 1. The van der Waals surface area contributed by atoms with Crippen LogP contribution in [0.25, 0.3) is 0 Å². The molecule has 0 saturated heterocycles. The first-order valence-electron chi connectivity index (χ1n) is 6.02. The van der Waals surface area contributed by atoms with E-state index in [1.54, 1.807) is 12.1 Å². The van der Waals surface area contributed by atoms with Gasteiger partial charge in [-0.1, -0.05) is 37.0 Å². The van der Waals surface area contributed by atoms with E-state index in [4.69, 9.17) is 27.9 Å². The lowest BCUT2D eigenvalue weighted by atomic mass is 10.2. The van der Waals surface area contributed by atoms with E-state index in [9.17, 15) is 0 Å². The average molecular weight is 355 g/mol. The second-order valence-electron chi connectivity index (χ2n) is 4.32. The summed E-state index contributed by atoms with van der Waals surface area (Å²) in [6.45, 7) is 6.88. The lowest BCUT2D eigenvalue weighted by Gasteiger charge is -2.15. The fraction of sp³-hybridized carbons (Fsp3) is 0.538. The second-order valence-corrected chi connectivity index (χ2v) is 5.99. The van der Waals surface area contributed by atoms with Crippen molar-refractivity contribution in [2.45, 2.75) is 20.3 Å². The van der Waals surface area contributed by atoms with Gasteiger partial charge in [0.1, 0.15) is 5.75 Å². The molecule has 0 aromatic heterocycles. The van der Waals surface area contributed by atoms with Crippen molar-refractivity contribution >= 4 is 39.1 Å². The van der Waals surface area contributed by atoms with Gasteiger partial charge in [0.05, 0.1) is 16.7 Å². The molecule has 102 valence electrons. The minimum Gasteiger partial charge on any atom is -0.492 e. The Labute approximate surface area is 127 Å². The molecule has 1 N–H and O–H groups in total. The van der Waals surface area contributed by atoms with Crippen LogP contribution in [0.4, 0.5) is 0 Å². The molecule has 1 rings (SSSR count). The van der Waals surface area contributed by atoms with Crippen LogP contribution in [0, 0.1) is 5.92 Å². The van der Waals surface area contributed by atoms with Crippen molar-refractivity contribution < 1.29 is 4.74 Å². The van der Waals surface area contributed by atoms with Crippen LogP contribution in [-0.2, 0) is 0 Å². The third kappa shape index (κ3) is 5.35. The molecule has 1 aromatic rings. The highest BCUT2D eigenvalue weighted by Gasteiger charge is 2.09. The van der Waals surface area contributed by atoms with Crippen molar-refractivity contribution in [1.82, 2.24) is 5.32 Å². The van der Waals surface area contributed by atoms with Gasteiger partial charge in [-0.25, -0.2) is 0 Å². The van der Waals surface area contributed by atoms with Gasteiger partial charge in [-0.05, 0) is 35.0 Å². The summed E-state index contributed by atoms with van der Waals surface area (Å²) in [6, 6.07) is 3.49. The SMILES string of the molecule is CCCNCC(C)COc1cc(Cl)c(Br)cc1Cl. The zero-order valence-corrected chi connectivity index (χ0v) is 13.7. The van der Waals surface area contributed by atoms with E-state index in [1.807, 2.05) is 0 Å². The quantitative estimate of drug-likeness (QED) is 0.562. The normalized spacial score (nSPS) is 12.5. The fourth-order valence-electron chi connectivity index (χ4n) is 1.43. The molecule has 1 atom stereocenters. The smallest absolute Gasteiger partial charge is 0.139 e. The lowest BCUT2D eigenvalue weighted by molar-refractivity contribution is 0.256. The summed E-state index contributed by atoms with van der Waals surface area (Å²) < 4.78 is 6.46. The standard InChI is InChI=1S/C13H18BrCl2NO/c1-3-4-17-7-9(2)8-18-13-6-11(15)10(14)5-12(13)16/h5-6,9,17H,3-4,7-8H2,1-2H3. The predicted molar refractivity (Wildman–Crippen MR) is 82.0 cm³/mol. The van der Waals surface area contributed by atoms with Gasteiger partial charge in [0.25, 0.3) is 0 Å². The number of halogens is 3. The highest BCUT2D eigenvalue weighted by atomic mass is 79.9. The van der Waals surface area contributed by atoms with Crippen LogP contribution in [0.15, 0.2) is 16.6 Å². The molecule has 0 bridgehead atoms. The van der Waals surface area contributed by atoms with Gasteiger partial charge in [0, 0.05) is 23.0 Å². The third-order valence-electron chi connectivity index (χ3n) is 2.42. The molecule has 2 nitrogen and oxygen atoms in total. The highest BCUT2D eigenvalue weighted by Crippen LogP contribution is 2.34. The van der Waals surface area contributed by atoms with Gasteiger partial charge in [0.15, 0.2) is 0 Å². The third-order valence-corrected chi connectivity index (χ3v) is 3.91. The molecular formula is C13H18BrCl2NO. The molecule has 18 heavy (non-hydrogen) atoms. The summed E-state index contributed by atoms with van der Waals surface area (Å²) >= 11 is 15.4. The Morgan fingerprint density at radius 1 is 1.33 bits per heavy atom. The summed E-state index contributed by atoms with van der Waals surface area (Å²) in [5, 5.41) is 4.53. The number of hydrogen-bond acceptors (Lipinski definition) is 2. The van der Waals surface area contributed by atoms with E-state index in [2.05, 4.69) is 35.1 Å². The van der Waals surface area contributed by atoms with Gasteiger partial charge >= 0.3 is 0 Å². The molecule has 0 amide bonds. The van der Waals surface area contributed by atoms with Gasteiger partial charge in [-0.3, -0.25) is 0 Å². The molecule has 0 aliphatic carbocycles. The number of nitrogens with one attached hydrogen (secondary N) is 1. The van der Waals surface area contributed by atoms with Crippen molar-refractivity contribution in [3.05, 3.63) is 26.7 Å². The van der Waals surface area contributed by atoms with E-state index in [1.165, 1.54) is 0 Å². The highest BCUT2D eigenvalue weighted by molar-refractivity contribution is 9.10. The molecule has 0 radical (unpaired) electrons. The summed E-state index contributed by atoms with van der Waals surface area (Å²) in [7, 11) is 0. The van der Waals surface area contributed by atoms with Crippen molar-refractivity contribution in [2.75, 3.05) is 19.7 Å². The van der Waals surface area contributed by atoms with Gasteiger partial charge in [-0.15, -0.1) is 0 Å². The molecule has 5 heteroatoms. The van der Waals surface area contributed by atoms with Crippen LogP contribution in [-0.4, -0.2) is 19.7 Å². The van der Waals surface area contributed by atoms with Crippen molar-refractivity contribution in [1.29, 1.82) is 0 Å². The van der Waals surface area contributed by atoms with Crippen LogP contribution in [0.5, 0.6) is 5.75 Å². The Hall–Kier alpha value is 0.0400. The van der Waals surface area contributed by atoms with Crippen LogP contribution >= 0.6 is 39.1 Å². The minimum absolute atomic E-state index is 0.426. The minimum atomic E-state index is 0.426. The molecule has 0 heterocycles. The number of benzene rings is 1. The summed E-state index contributed by atoms with van der Waals surface area (Å²) in [4.78, 5) is 0. The van der Waals surface area contributed by atoms with E-state index >= 15 is 0 Å². The topological polar surface area (TPSA) is 21.3 Å². The van der Waals surface area contributed by atoms with Crippen LogP contribution in [0.2, 0.25) is 10.0 Å². The second kappa shape index (κ2) is 8.26. The molecule has 1 unspecified atom stereocenters. The van der Waals surface area contributed by atoms with Crippen molar-refractivity contribution in [3.8, 4) is 5.75 Å². The first kappa shape index (κ1) is 16.1. The molecule has 0 fully saturated rings. The Bertz CT molecular complexity index is 387. The maximum atomic E-state index is 6.08. The Kier molecular flexibility index (Phi) is 7.38. The van der Waals surface area contributed by atoms with E-state index in [0.717, 1.165) is 24.0 Å². The molecular weight excluding hydrogens is 337 g/mol. The zero-order valence-electron chi connectivity index (χ0n) is 10.6. The zero-order chi connectivity index (χ0) is 13.5. The number of rotatable bonds is 7. The molecule has 0 aliphatic heterocycles. The molecule has 0 saturated carbocycles. The largest absolute Gasteiger partial charge is 0.492 e. The monoisotopic (exact) mass is 353 g/mol. The Morgan fingerprint density at radius 2 is 2.06 bits per heavy atom. The predicted octanol–water partition coefficient (Wildman–Crippen LogP) is 4.77. The lowest BCUT2D eigenvalue weighted by Crippen LogP contribution is -2.25. The van der Waals surface area contributed by atoms with Gasteiger partial charge in [-0.2, -0.15) is 0 Å². The van der Waals surface area contributed by atoms with Crippen LogP contribution < -0.4 is 10.1 Å². The van der Waals surface area contributed by atoms with Crippen molar-refractivity contribution in [3.63, 3.8) is 0 Å². The Morgan fingerprint density at radius 3 is 2.72 bits per heavy atom. The Balaban J connectivity index is 2.45. The number of ether oxygens (including phenoxy) is 1. The van der Waals surface area contributed by atoms with E-state index in [0.29, 0.717) is 28.3 Å². The van der Waals surface area contributed by atoms with Gasteiger partial charge in [0.2, 0.25) is 0 Å². The fourth-order valence-corrected chi connectivity index (χ4v) is 2.28. The maximum Gasteiger partial charge on any atom is 0.139 e. The summed E-state index contributed by atoms with van der Waals surface area (Å²) in [5.74, 6) is 1.06. The van der Waals surface area contributed by atoms with Crippen molar-refractivity contribution in [2.24, 2.45) is 5.92 Å². The molecule has 0 aliphatic rings. The van der Waals surface area contributed by atoms with Crippen LogP contribution in [0.1, 0.15) is 20.3 Å².